The second-order valence-electron chi connectivity index (χ2n) is 3.47. The third kappa shape index (κ3) is 4.86. The quantitative estimate of drug-likeness (QED) is 0.681. The lowest BCUT2D eigenvalue weighted by molar-refractivity contribution is -0.153. The van der Waals surface area contributed by atoms with Crippen LogP contribution in [0.5, 0.6) is 5.75 Å². The Morgan fingerprint density at radius 2 is 1.95 bits per heavy atom. The number of alkyl halides is 3. The molecule has 0 aliphatic carbocycles. The van der Waals surface area contributed by atoms with Gasteiger partial charge in [0.25, 0.3) is 0 Å². The van der Waals surface area contributed by atoms with E-state index < -0.39 is 18.6 Å². The Morgan fingerprint density at radius 3 is 2.50 bits per heavy atom. The molecule has 0 aliphatic rings. The first-order valence-corrected chi connectivity index (χ1v) is 5.11. The van der Waals surface area contributed by atoms with E-state index in [2.05, 4.69) is 10.1 Å². The zero-order valence-electron chi connectivity index (χ0n) is 9.83. The van der Waals surface area contributed by atoms with E-state index in [1.54, 1.807) is 0 Å². The van der Waals surface area contributed by atoms with Crippen LogP contribution in [0.15, 0.2) is 30.0 Å². The lowest BCUT2D eigenvalue weighted by Gasteiger charge is -2.13. The minimum absolute atomic E-state index is 0.128. The fraction of sp³-hybridized carbons (Fsp3) is 0.167. The zero-order chi connectivity index (χ0) is 15.2. The topological polar surface area (TPSA) is 68.8 Å². The summed E-state index contributed by atoms with van der Waals surface area (Å²) in [6.07, 6.45) is -3.60. The highest BCUT2D eigenvalue weighted by molar-refractivity contribution is 5.59. The highest BCUT2D eigenvalue weighted by Gasteiger charge is 2.28. The maximum absolute atomic E-state index is 13.0. The molecule has 0 aliphatic heterocycles. The van der Waals surface area contributed by atoms with Crippen LogP contribution >= 0.6 is 0 Å². The summed E-state index contributed by atoms with van der Waals surface area (Å²) in [5.74, 6) is -0.967. The standard InChI is InChI=1S/C12H7F4N3O/c13-9-1-2-11(20-7-12(14,15)16)10(3-9)19-6-8(4-17)5-18/h1-3,6,19H,7H2. The summed E-state index contributed by atoms with van der Waals surface area (Å²) in [7, 11) is 0. The second kappa shape index (κ2) is 6.43. The number of halogens is 4. The molecule has 0 amide bonds. The fourth-order valence-electron chi connectivity index (χ4n) is 1.14. The molecule has 1 aromatic carbocycles. The van der Waals surface area contributed by atoms with Crippen LogP contribution in [0.1, 0.15) is 0 Å². The van der Waals surface area contributed by atoms with Crippen molar-refractivity contribution in [2.24, 2.45) is 0 Å². The monoisotopic (exact) mass is 285 g/mol. The van der Waals surface area contributed by atoms with Gasteiger partial charge in [0, 0.05) is 12.3 Å². The molecule has 0 fully saturated rings. The average molecular weight is 285 g/mol. The molecule has 0 unspecified atom stereocenters. The van der Waals surface area contributed by atoms with Crippen LogP contribution in [0.2, 0.25) is 0 Å². The Morgan fingerprint density at radius 1 is 1.30 bits per heavy atom. The van der Waals surface area contributed by atoms with Gasteiger partial charge in [-0.2, -0.15) is 23.7 Å². The van der Waals surface area contributed by atoms with Gasteiger partial charge in [-0.3, -0.25) is 0 Å². The Labute approximate surface area is 111 Å². The normalized spacial score (nSPS) is 10.1. The van der Waals surface area contributed by atoms with Crippen molar-refractivity contribution in [2.45, 2.75) is 6.18 Å². The molecule has 104 valence electrons. The number of rotatable bonds is 4. The van der Waals surface area contributed by atoms with Crippen LogP contribution in [0.3, 0.4) is 0 Å². The van der Waals surface area contributed by atoms with Gasteiger partial charge in [0.05, 0.1) is 5.69 Å². The summed E-state index contributed by atoms with van der Waals surface area (Å²) >= 11 is 0. The summed E-state index contributed by atoms with van der Waals surface area (Å²) in [6, 6.07) is 5.89. The molecule has 0 atom stereocenters. The lowest BCUT2D eigenvalue weighted by atomic mass is 10.2. The van der Waals surface area contributed by atoms with Crippen LogP contribution in [0.25, 0.3) is 0 Å². The average Bonchev–Trinajstić information content (AvgIpc) is 2.38. The molecule has 0 bridgehead atoms. The van der Waals surface area contributed by atoms with E-state index >= 15 is 0 Å². The van der Waals surface area contributed by atoms with E-state index in [0.717, 1.165) is 24.4 Å². The molecular weight excluding hydrogens is 278 g/mol. The van der Waals surface area contributed by atoms with Crippen LogP contribution in [-0.2, 0) is 0 Å². The SMILES string of the molecule is N#CC(C#N)=CNc1cc(F)ccc1OCC(F)(F)F. The number of nitriles is 2. The maximum atomic E-state index is 13.0. The van der Waals surface area contributed by atoms with Crippen LogP contribution < -0.4 is 10.1 Å². The second-order valence-corrected chi connectivity index (χ2v) is 3.47. The third-order valence-corrected chi connectivity index (χ3v) is 1.95. The molecule has 20 heavy (non-hydrogen) atoms. The molecule has 0 aromatic heterocycles. The largest absolute Gasteiger partial charge is 0.482 e. The van der Waals surface area contributed by atoms with Crippen molar-refractivity contribution in [3.05, 3.63) is 35.8 Å². The van der Waals surface area contributed by atoms with Gasteiger partial charge in [0.1, 0.15) is 29.3 Å². The Balaban J connectivity index is 2.94. The number of nitrogens with zero attached hydrogens (tertiary/aromatic N) is 2. The highest BCUT2D eigenvalue weighted by atomic mass is 19.4. The van der Waals surface area contributed by atoms with E-state index in [-0.39, 0.29) is 17.0 Å². The van der Waals surface area contributed by atoms with E-state index in [0.29, 0.717) is 0 Å². The molecule has 0 saturated heterocycles. The number of nitrogens with one attached hydrogen (secondary N) is 1. The van der Waals surface area contributed by atoms with Gasteiger partial charge in [-0.15, -0.1) is 0 Å². The molecule has 1 aromatic rings. The van der Waals surface area contributed by atoms with Crippen molar-refractivity contribution in [3.63, 3.8) is 0 Å². The van der Waals surface area contributed by atoms with Crippen molar-refractivity contribution in [1.29, 1.82) is 10.5 Å². The van der Waals surface area contributed by atoms with E-state index in [1.807, 2.05) is 0 Å². The van der Waals surface area contributed by atoms with E-state index in [1.165, 1.54) is 12.1 Å². The Bertz CT molecular complexity index is 580. The first-order valence-electron chi connectivity index (χ1n) is 5.11. The van der Waals surface area contributed by atoms with Crippen molar-refractivity contribution < 1.29 is 22.3 Å². The molecule has 1 rings (SSSR count). The van der Waals surface area contributed by atoms with Gasteiger partial charge in [0.2, 0.25) is 0 Å². The van der Waals surface area contributed by atoms with Gasteiger partial charge in [-0.25, -0.2) is 4.39 Å². The zero-order valence-corrected chi connectivity index (χ0v) is 9.83. The summed E-state index contributed by atoms with van der Waals surface area (Å²) in [5.41, 5.74) is -0.451. The Kier molecular flexibility index (Phi) is 4.93. The first kappa shape index (κ1) is 15.3. The summed E-state index contributed by atoms with van der Waals surface area (Å²) in [6.45, 7) is -1.54. The van der Waals surface area contributed by atoms with Crippen LogP contribution in [0, 0.1) is 28.5 Å². The molecule has 0 spiro atoms. The summed E-state index contributed by atoms with van der Waals surface area (Å²) in [4.78, 5) is 0. The molecule has 4 nitrogen and oxygen atoms in total. The number of hydrogen-bond acceptors (Lipinski definition) is 4. The molecule has 8 heteroatoms. The fourth-order valence-corrected chi connectivity index (χ4v) is 1.14. The van der Waals surface area contributed by atoms with Gasteiger partial charge in [0.15, 0.2) is 6.61 Å². The molecule has 0 saturated carbocycles. The smallest absolute Gasteiger partial charge is 0.422 e. The Hall–Kier alpha value is -2.74. The molecule has 0 heterocycles. The first-order chi connectivity index (χ1) is 9.35. The predicted molar refractivity (Wildman–Crippen MR) is 60.9 cm³/mol. The summed E-state index contributed by atoms with van der Waals surface area (Å²) < 4.78 is 53.7. The van der Waals surface area contributed by atoms with Gasteiger partial charge in [-0.05, 0) is 12.1 Å². The van der Waals surface area contributed by atoms with Crippen molar-refractivity contribution in [1.82, 2.24) is 0 Å². The van der Waals surface area contributed by atoms with E-state index in [4.69, 9.17) is 10.5 Å². The molecule has 0 radical (unpaired) electrons. The number of benzene rings is 1. The van der Waals surface area contributed by atoms with Crippen LogP contribution in [0.4, 0.5) is 23.2 Å². The van der Waals surface area contributed by atoms with E-state index in [9.17, 15) is 17.6 Å². The molecule has 1 N–H and O–H groups in total. The van der Waals surface area contributed by atoms with Gasteiger partial charge in [-0.1, -0.05) is 0 Å². The molecular formula is C12H7F4N3O. The number of anilines is 1. The number of hydrogen-bond donors (Lipinski definition) is 1. The third-order valence-electron chi connectivity index (χ3n) is 1.95. The predicted octanol–water partition coefficient (Wildman–Crippen LogP) is 3.11. The highest BCUT2D eigenvalue weighted by Crippen LogP contribution is 2.27. The van der Waals surface area contributed by atoms with Crippen molar-refractivity contribution >= 4 is 5.69 Å². The minimum Gasteiger partial charge on any atom is -0.482 e. The number of allylic oxidation sites excluding steroid dienone is 1. The van der Waals surface area contributed by atoms with Crippen LogP contribution in [-0.4, -0.2) is 12.8 Å². The minimum atomic E-state index is -4.54. The van der Waals surface area contributed by atoms with Gasteiger partial charge < -0.3 is 10.1 Å². The van der Waals surface area contributed by atoms with Crippen molar-refractivity contribution in [3.8, 4) is 17.9 Å². The van der Waals surface area contributed by atoms with Crippen molar-refractivity contribution in [2.75, 3.05) is 11.9 Å². The maximum Gasteiger partial charge on any atom is 0.422 e. The summed E-state index contributed by atoms with van der Waals surface area (Å²) in [5, 5.41) is 19.4. The number of ether oxygens (including phenoxy) is 1. The lowest BCUT2D eigenvalue weighted by Crippen LogP contribution is -2.19. The van der Waals surface area contributed by atoms with Gasteiger partial charge >= 0.3 is 6.18 Å².